The average Bonchev–Trinajstić information content (AvgIpc) is 3.06. The minimum Gasteiger partial charge on any atom is -0.468 e. The molecule has 1 saturated carbocycles. The summed E-state index contributed by atoms with van der Waals surface area (Å²) < 4.78 is 6.40. The molecule has 1 aliphatic carbocycles. The number of aryl methyl sites for hydroxylation is 2. The van der Waals surface area contributed by atoms with Gasteiger partial charge in [-0.1, -0.05) is 12.8 Å². The molecule has 21 heavy (non-hydrogen) atoms. The second-order valence-corrected chi connectivity index (χ2v) is 5.62. The zero-order chi connectivity index (χ0) is 15.4. The van der Waals surface area contributed by atoms with E-state index in [1.54, 1.807) is 9.58 Å². The van der Waals surface area contributed by atoms with E-state index in [1.807, 2.05) is 19.9 Å². The maximum Gasteiger partial charge on any atom is 0.325 e. The molecule has 0 radical (unpaired) electrons. The van der Waals surface area contributed by atoms with Gasteiger partial charge in [0.2, 0.25) is 5.91 Å². The minimum absolute atomic E-state index is 0.0271. The van der Waals surface area contributed by atoms with Gasteiger partial charge in [-0.3, -0.25) is 14.3 Å². The van der Waals surface area contributed by atoms with Crippen LogP contribution in [0.15, 0.2) is 6.07 Å². The summed E-state index contributed by atoms with van der Waals surface area (Å²) in [5.41, 5.74) is 1.84. The summed E-state index contributed by atoms with van der Waals surface area (Å²) in [5.74, 6) is -0.442. The minimum atomic E-state index is -0.372. The summed E-state index contributed by atoms with van der Waals surface area (Å²) in [4.78, 5) is 25.8. The van der Waals surface area contributed by atoms with E-state index in [0.29, 0.717) is 0 Å². The van der Waals surface area contributed by atoms with Crippen molar-refractivity contribution in [3.8, 4) is 0 Å². The van der Waals surface area contributed by atoms with Gasteiger partial charge in [0.25, 0.3) is 0 Å². The van der Waals surface area contributed by atoms with Crippen molar-refractivity contribution >= 4 is 11.9 Å². The Morgan fingerprint density at radius 1 is 1.38 bits per heavy atom. The fourth-order valence-corrected chi connectivity index (χ4v) is 2.89. The van der Waals surface area contributed by atoms with Gasteiger partial charge in [0.05, 0.1) is 12.8 Å². The second kappa shape index (κ2) is 6.74. The fourth-order valence-electron chi connectivity index (χ4n) is 2.89. The molecule has 1 fully saturated rings. The molecule has 0 aromatic carbocycles. The van der Waals surface area contributed by atoms with E-state index >= 15 is 0 Å². The van der Waals surface area contributed by atoms with Crippen LogP contribution in [0, 0.1) is 13.8 Å². The van der Waals surface area contributed by atoms with E-state index in [-0.39, 0.29) is 31.0 Å². The van der Waals surface area contributed by atoms with Crippen LogP contribution in [0.2, 0.25) is 0 Å². The molecule has 1 aromatic rings. The normalized spacial score (nSPS) is 15.2. The van der Waals surface area contributed by atoms with E-state index in [0.717, 1.165) is 37.1 Å². The highest BCUT2D eigenvalue weighted by Gasteiger charge is 2.29. The molecule has 0 bridgehead atoms. The summed E-state index contributed by atoms with van der Waals surface area (Å²) >= 11 is 0. The lowest BCUT2D eigenvalue weighted by atomic mass is 10.2. The van der Waals surface area contributed by atoms with Gasteiger partial charge in [0.1, 0.15) is 13.1 Å². The van der Waals surface area contributed by atoms with Crippen molar-refractivity contribution in [3.63, 3.8) is 0 Å². The summed E-state index contributed by atoms with van der Waals surface area (Å²) in [5, 5.41) is 4.31. The summed E-state index contributed by atoms with van der Waals surface area (Å²) in [6.45, 7) is 4.02. The summed E-state index contributed by atoms with van der Waals surface area (Å²) in [6, 6.07) is 2.08. The molecule has 1 aliphatic rings. The molecule has 1 amide bonds. The first-order valence-electron chi connectivity index (χ1n) is 7.38. The number of aromatic nitrogens is 2. The topological polar surface area (TPSA) is 64.4 Å². The number of methoxy groups -OCH3 is 1. The highest BCUT2D eigenvalue weighted by Crippen LogP contribution is 2.23. The van der Waals surface area contributed by atoms with E-state index in [9.17, 15) is 9.59 Å². The zero-order valence-corrected chi connectivity index (χ0v) is 13.0. The fraction of sp³-hybridized carbons (Fsp3) is 0.667. The van der Waals surface area contributed by atoms with Crippen molar-refractivity contribution in [2.75, 3.05) is 13.7 Å². The average molecular weight is 293 g/mol. The van der Waals surface area contributed by atoms with Crippen LogP contribution < -0.4 is 0 Å². The molecule has 6 nitrogen and oxygen atoms in total. The Labute approximate surface area is 125 Å². The largest absolute Gasteiger partial charge is 0.468 e. The third-order valence-corrected chi connectivity index (χ3v) is 4.00. The first-order chi connectivity index (χ1) is 10.0. The number of hydrogen-bond donors (Lipinski definition) is 0. The second-order valence-electron chi connectivity index (χ2n) is 5.62. The van der Waals surface area contributed by atoms with Gasteiger partial charge in [-0.15, -0.1) is 0 Å². The molecule has 0 atom stereocenters. The third-order valence-electron chi connectivity index (χ3n) is 4.00. The van der Waals surface area contributed by atoms with Crippen LogP contribution in [0.5, 0.6) is 0 Å². The number of nitrogens with zero attached hydrogens (tertiary/aromatic N) is 3. The Hall–Kier alpha value is -1.85. The quantitative estimate of drug-likeness (QED) is 0.771. The van der Waals surface area contributed by atoms with Crippen LogP contribution in [0.1, 0.15) is 37.1 Å². The number of ether oxygens (including phenoxy) is 1. The molecule has 2 rings (SSSR count). The monoisotopic (exact) mass is 293 g/mol. The molecule has 0 N–H and O–H groups in total. The van der Waals surface area contributed by atoms with Crippen LogP contribution in [-0.4, -0.2) is 46.3 Å². The van der Waals surface area contributed by atoms with Gasteiger partial charge >= 0.3 is 5.97 Å². The lowest BCUT2D eigenvalue weighted by Gasteiger charge is -2.28. The van der Waals surface area contributed by atoms with Crippen molar-refractivity contribution < 1.29 is 14.3 Å². The lowest BCUT2D eigenvalue weighted by Crippen LogP contribution is -2.44. The number of amides is 1. The maximum atomic E-state index is 12.6. The van der Waals surface area contributed by atoms with E-state index in [2.05, 4.69) is 5.10 Å². The smallest absolute Gasteiger partial charge is 0.325 e. The number of esters is 1. The van der Waals surface area contributed by atoms with Gasteiger partial charge < -0.3 is 9.64 Å². The molecule has 0 unspecified atom stereocenters. The number of carbonyl (C=O) groups excluding carboxylic acids is 2. The lowest BCUT2D eigenvalue weighted by molar-refractivity contribution is -0.148. The predicted molar refractivity (Wildman–Crippen MR) is 77.7 cm³/mol. The molecule has 0 saturated heterocycles. The van der Waals surface area contributed by atoms with Crippen molar-refractivity contribution in [2.45, 2.75) is 52.1 Å². The van der Waals surface area contributed by atoms with Crippen LogP contribution in [0.3, 0.4) is 0 Å². The predicted octanol–water partition coefficient (Wildman–Crippen LogP) is 1.44. The van der Waals surface area contributed by atoms with Gasteiger partial charge in [-0.05, 0) is 32.8 Å². The van der Waals surface area contributed by atoms with Crippen molar-refractivity contribution in [3.05, 3.63) is 17.5 Å². The molecule has 6 heteroatoms. The Bertz CT molecular complexity index is 518. The highest BCUT2D eigenvalue weighted by molar-refractivity contribution is 5.82. The maximum absolute atomic E-state index is 12.6. The molecular formula is C15H23N3O3. The van der Waals surface area contributed by atoms with E-state index < -0.39 is 0 Å². The van der Waals surface area contributed by atoms with Crippen LogP contribution in [0.4, 0.5) is 0 Å². The Kier molecular flexibility index (Phi) is 4.98. The number of carbonyl (C=O) groups is 2. The molecule has 1 heterocycles. The summed E-state index contributed by atoms with van der Waals surface area (Å²) in [6.07, 6.45) is 4.13. The molecule has 0 aliphatic heterocycles. The first-order valence-corrected chi connectivity index (χ1v) is 7.38. The van der Waals surface area contributed by atoms with Crippen molar-refractivity contribution in [1.29, 1.82) is 0 Å². The number of hydrogen-bond acceptors (Lipinski definition) is 4. The van der Waals surface area contributed by atoms with Gasteiger partial charge in [-0.2, -0.15) is 5.10 Å². The van der Waals surface area contributed by atoms with Crippen LogP contribution in [-0.2, 0) is 20.9 Å². The third kappa shape index (κ3) is 3.83. The standard InChI is InChI=1S/C15H23N3O3/c1-11-8-12(2)18(16-11)9-14(19)17(10-15(20)21-3)13-6-4-5-7-13/h8,13H,4-7,9-10H2,1-3H3. The Morgan fingerprint density at radius 2 is 2.05 bits per heavy atom. The van der Waals surface area contributed by atoms with Crippen molar-refractivity contribution in [2.24, 2.45) is 0 Å². The van der Waals surface area contributed by atoms with Crippen molar-refractivity contribution in [1.82, 2.24) is 14.7 Å². The van der Waals surface area contributed by atoms with E-state index in [1.165, 1.54) is 7.11 Å². The molecule has 0 spiro atoms. The SMILES string of the molecule is COC(=O)CN(C(=O)Cn1nc(C)cc1C)C1CCCC1. The summed E-state index contributed by atoms with van der Waals surface area (Å²) in [7, 11) is 1.35. The first kappa shape index (κ1) is 15.5. The Morgan fingerprint density at radius 3 is 2.57 bits per heavy atom. The molecule has 116 valence electrons. The number of rotatable bonds is 5. The Balaban J connectivity index is 2.09. The zero-order valence-electron chi connectivity index (χ0n) is 13.0. The van der Waals surface area contributed by atoms with Crippen LogP contribution in [0.25, 0.3) is 0 Å². The van der Waals surface area contributed by atoms with Gasteiger partial charge in [0, 0.05) is 11.7 Å². The van der Waals surface area contributed by atoms with Gasteiger partial charge in [-0.25, -0.2) is 0 Å². The van der Waals surface area contributed by atoms with Gasteiger partial charge in [0.15, 0.2) is 0 Å². The van der Waals surface area contributed by atoms with E-state index in [4.69, 9.17) is 4.74 Å². The molecule has 1 aromatic heterocycles. The van der Waals surface area contributed by atoms with Crippen LogP contribution >= 0.6 is 0 Å². The molecular weight excluding hydrogens is 270 g/mol. The highest BCUT2D eigenvalue weighted by atomic mass is 16.5.